The number of nitrogens with one attached hydrogen (secondary N) is 3. The highest BCUT2D eigenvalue weighted by Crippen LogP contribution is 2.11. The molecule has 1 atom stereocenters. The van der Waals surface area contributed by atoms with Crippen LogP contribution in [0.3, 0.4) is 0 Å². The summed E-state index contributed by atoms with van der Waals surface area (Å²) in [4.78, 5) is 13.5. The summed E-state index contributed by atoms with van der Waals surface area (Å²) in [6.07, 6.45) is 1.61. The summed E-state index contributed by atoms with van der Waals surface area (Å²) >= 11 is 0. The Morgan fingerprint density at radius 1 is 1.07 bits per heavy atom. The second-order valence-corrected chi connectivity index (χ2v) is 9.00. The van der Waals surface area contributed by atoms with Gasteiger partial charge >= 0.3 is 0 Å². The zero-order valence-corrected chi connectivity index (χ0v) is 18.0. The maximum absolute atomic E-state index is 12.3. The first-order chi connectivity index (χ1) is 13.7. The van der Waals surface area contributed by atoms with Crippen LogP contribution in [0.2, 0.25) is 0 Å². The third-order valence-electron chi connectivity index (χ3n) is 4.32. The van der Waals surface area contributed by atoms with Gasteiger partial charge in [0.1, 0.15) is 12.6 Å². The van der Waals surface area contributed by atoms with Crippen molar-refractivity contribution in [3.05, 3.63) is 76.7 Å². The Balaban J connectivity index is 1.86. The van der Waals surface area contributed by atoms with Gasteiger partial charge in [-0.1, -0.05) is 60.2 Å². The van der Waals surface area contributed by atoms with Crippen LogP contribution in [-0.2, 0) is 14.8 Å². The second-order valence-electron chi connectivity index (χ2n) is 7.34. The average molecular weight is 417 g/mol. The van der Waals surface area contributed by atoms with Gasteiger partial charge in [-0.2, -0.15) is 0 Å². The van der Waals surface area contributed by atoms with Crippen LogP contribution in [0.5, 0.6) is 0 Å². The fraction of sp³-hybridized carbons (Fsp3) is 0.318. The third-order valence-corrected chi connectivity index (χ3v) is 5.42. The van der Waals surface area contributed by atoms with Crippen LogP contribution in [0.4, 0.5) is 0 Å². The first-order valence-corrected chi connectivity index (χ1v) is 11.2. The Morgan fingerprint density at radius 3 is 2.34 bits per heavy atom. The van der Waals surface area contributed by atoms with Crippen molar-refractivity contribution in [3.63, 3.8) is 0 Å². The average Bonchev–Trinajstić information content (AvgIpc) is 2.67. The van der Waals surface area contributed by atoms with Gasteiger partial charge in [0.15, 0.2) is 0 Å². The van der Waals surface area contributed by atoms with Crippen molar-refractivity contribution in [1.29, 1.82) is 0 Å². The van der Waals surface area contributed by atoms with Crippen molar-refractivity contribution in [3.8, 4) is 0 Å². The van der Waals surface area contributed by atoms with E-state index in [4.69, 9.17) is 0 Å². The predicted molar refractivity (Wildman–Crippen MR) is 117 cm³/mol. The van der Waals surface area contributed by atoms with E-state index in [0.29, 0.717) is 0 Å². The quantitative estimate of drug-likeness (QED) is 0.546. The molecule has 1 amide bonds. The van der Waals surface area contributed by atoms with Gasteiger partial charge in [0.25, 0.3) is 0 Å². The Bertz CT molecular complexity index is 908. The van der Waals surface area contributed by atoms with Crippen LogP contribution in [0.25, 0.3) is 6.08 Å². The third kappa shape index (κ3) is 8.60. The van der Waals surface area contributed by atoms with Crippen LogP contribution >= 0.6 is 0 Å². The highest BCUT2D eigenvalue weighted by atomic mass is 32.2. The molecule has 29 heavy (non-hydrogen) atoms. The molecule has 0 heterocycles. The molecular formula is C22H30N3O3S+. The van der Waals surface area contributed by atoms with E-state index in [1.165, 1.54) is 11.0 Å². The zero-order valence-electron chi connectivity index (χ0n) is 17.2. The fourth-order valence-corrected chi connectivity index (χ4v) is 3.63. The van der Waals surface area contributed by atoms with E-state index in [1.54, 1.807) is 0 Å². The van der Waals surface area contributed by atoms with E-state index in [0.717, 1.165) is 28.6 Å². The standard InChI is InChI=1S/C22H29N3O3S/c1-18-9-11-19(12-10-18)14-16-29(27,28)23-15-13-22(26)24-21(17-25(2)3)20-7-5-4-6-8-20/h4-12,14,16,21,23H,13,15,17H2,1-3H3,(H,24,26)/p+1/b16-14+/t21-/m0/s1. The molecule has 0 bridgehead atoms. The minimum absolute atomic E-state index is 0.0444. The number of carbonyl (C=O) groups excluding carboxylic acids is 1. The molecule has 0 unspecified atom stereocenters. The van der Waals surface area contributed by atoms with Crippen molar-refractivity contribution in [1.82, 2.24) is 10.0 Å². The molecule has 6 nitrogen and oxygen atoms in total. The van der Waals surface area contributed by atoms with Crippen LogP contribution in [-0.4, -0.2) is 41.5 Å². The lowest BCUT2D eigenvalue weighted by Gasteiger charge is -2.21. The summed E-state index contributed by atoms with van der Waals surface area (Å²) in [5, 5.41) is 4.12. The van der Waals surface area contributed by atoms with E-state index in [2.05, 4.69) is 10.0 Å². The summed E-state index contributed by atoms with van der Waals surface area (Å²) in [5.74, 6) is -0.190. The molecule has 0 aliphatic rings. The van der Waals surface area contributed by atoms with E-state index in [-0.39, 0.29) is 24.9 Å². The molecule has 0 aliphatic carbocycles. The summed E-state index contributed by atoms with van der Waals surface area (Å²) in [5.41, 5.74) is 2.94. The number of amides is 1. The number of hydrogen-bond donors (Lipinski definition) is 3. The van der Waals surface area contributed by atoms with E-state index in [9.17, 15) is 13.2 Å². The molecule has 0 aliphatic heterocycles. The minimum atomic E-state index is -3.60. The molecule has 156 valence electrons. The van der Waals surface area contributed by atoms with Gasteiger partial charge in [-0.3, -0.25) is 4.79 Å². The van der Waals surface area contributed by atoms with Crippen molar-refractivity contribution >= 4 is 22.0 Å². The van der Waals surface area contributed by atoms with Gasteiger partial charge in [0.05, 0.1) is 14.1 Å². The van der Waals surface area contributed by atoms with Gasteiger partial charge < -0.3 is 10.2 Å². The molecule has 0 saturated carbocycles. The number of sulfonamides is 1. The second kappa shape index (κ2) is 10.9. The SMILES string of the molecule is Cc1ccc(/C=C/S(=O)(=O)NCCC(=O)N[C@@H](C[NH+](C)C)c2ccccc2)cc1. The Kier molecular flexibility index (Phi) is 8.57. The lowest BCUT2D eigenvalue weighted by Crippen LogP contribution is -3.06. The molecule has 0 spiro atoms. The number of benzene rings is 2. The van der Waals surface area contributed by atoms with E-state index >= 15 is 0 Å². The highest BCUT2D eigenvalue weighted by Gasteiger charge is 2.17. The lowest BCUT2D eigenvalue weighted by molar-refractivity contribution is -0.860. The predicted octanol–water partition coefficient (Wildman–Crippen LogP) is 1.28. The minimum Gasteiger partial charge on any atom is -0.344 e. The molecular weight excluding hydrogens is 386 g/mol. The molecule has 2 aromatic rings. The topological polar surface area (TPSA) is 79.7 Å². The molecule has 2 aromatic carbocycles. The number of aryl methyl sites for hydroxylation is 1. The van der Waals surface area contributed by atoms with Gasteiger partial charge in [-0.15, -0.1) is 0 Å². The first-order valence-electron chi connectivity index (χ1n) is 9.63. The molecule has 0 saturated heterocycles. The molecule has 0 fully saturated rings. The van der Waals surface area contributed by atoms with Crippen LogP contribution in [0.15, 0.2) is 60.0 Å². The first kappa shape index (κ1) is 22.8. The Hall–Kier alpha value is -2.48. The van der Waals surface area contributed by atoms with Crippen molar-refractivity contribution in [2.75, 3.05) is 27.2 Å². The van der Waals surface area contributed by atoms with Crippen molar-refractivity contribution in [2.24, 2.45) is 0 Å². The molecule has 3 N–H and O–H groups in total. The normalized spacial score (nSPS) is 13.0. The van der Waals surface area contributed by atoms with Gasteiger partial charge in [-0.25, -0.2) is 13.1 Å². The number of hydrogen-bond acceptors (Lipinski definition) is 3. The number of carbonyl (C=O) groups is 1. The van der Waals surface area contributed by atoms with E-state index < -0.39 is 10.0 Å². The summed E-state index contributed by atoms with van der Waals surface area (Å²) < 4.78 is 26.7. The number of rotatable bonds is 10. The summed E-state index contributed by atoms with van der Waals surface area (Å²) in [6.45, 7) is 2.75. The largest absolute Gasteiger partial charge is 0.344 e. The monoisotopic (exact) mass is 416 g/mol. The highest BCUT2D eigenvalue weighted by molar-refractivity contribution is 7.92. The van der Waals surface area contributed by atoms with Gasteiger partial charge in [-0.05, 0) is 24.1 Å². The van der Waals surface area contributed by atoms with Crippen LogP contribution < -0.4 is 14.9 Å². The molecule has 2 rings (SSSR count). The van der Waals surface area contributed by atoms with Crippen molar-refractivity contribution < 1.29 is 18.1 Å². The smallest absolute Gasteiger partial charge is 0.233 e. The Labute approximate surface area is 173 Å². The fourth-order valence-electron chi connectivity index (χ4n) is 2.81. The van der Waals surface area contributed by atoms with E-state index in [1.807, 2.05) is 75.6 Å². The summed E-state index contributed by atoms with van der Waals surface area (Å²) in [6, 6.07) is 17.2. The lowest BCUT2D eigenvalue weighted by atomic mass is 10.1. The van der Waals surface area contributed by atoms with Crippen molar-refractivity contribution in [2.45, 2.75) is 19.4 Å². The maximum atomic E-state index is 12.3. The van der Waals surface area contributed by atoms with Gasteiger partial charge in [0.2, 0.25) is 15.9 Å². The molecule has 0 aromatic heterocycles. The molecule has 7 heteroatoms. The Morgan fingerprint density at radius 2 is 1.72 bits per heavy atom. The number of quaternary nitrogens is 1. The summed E-state index contributed by atoms with van der Waals surface area (Å²) in [7, 11) is 0.449. The zero-order chi connectivity index (χ0) is 21.3. The molecule has 0 radical (unpaired) electrons. The van der Waals surface area contributed by atoms with Crippen LogP contribution in [0, 0.1) is 6.92 Å². The van der Waals surface area contributed by atoms with Crippen LogP contribution in [0.1, 0.15) is 29.2 Å². The maximum Gasteiger partial charge on any atom is 0.233 e. The van der Waals surface area contributed by atoms with Gasteiger partial charge in [0, 0.05) is 18.4 Å². The number of likely N-dealkylation sites (N-methyl/N-ethyl adjacent to an activating group) is 1.